The fraction of sp³-hybridized carbons (Fsp3) is 0.200. The highest BCUT2D eigenvalue weighted by atomic mass is 32.1. The monoisotopic (exact) mass is 252 g/mol. The minimum Gasteiger partial charge on any atom is -0.375 e. The van der Waals surface area contributed by atoms with E-state index >= 15 is 0 Å². The first-order valence-corrected chi connectivity index (χ1v) is 5.31. The third kappa shape index (κ3) is 3.80. The molecule has 0 saturated heterocycles. The molecule has 0 radical (unpaired) electrons. The van der Waals surface area contributed by atoms with Gasteiger partial charge >= 0.3 is 0 Å². The first kappa shape index (κ1) is 13.0. The minimum atomic E-state index is -0.447. The zero-order chi connectivity index (χ0) is 12.8. The Labute approximate surface area is 104 Å². The van der Waals surface area contributed by atoms with E-state index in [0.29, 0.717) is 5.56 Å². The van der Waals surface area contributed by atoms with Crippen LogP contribution in [0.3, 0.4) is 0 Å². The highest BCUT2D eigenvalue weighted by molar-refractivity contribution is 7.80. The van der Waals surface area contributed by atoms with Crippen molar-refractivity contribution < 1.29 is 4.92 Å². The average molecular weight is 252 g/mol. The van der Waals surface area contributed by atoms with Crippen molar-refractivity contribution in [1.29, 1.82) is 0 Å². The highest BCUT2D eigenvalue weighted by Gasteiger charge is 2.08. The van der Waals surface area contributed by atoms with E-state index in [1.54, 1.807) is 6.07 Å². The van der Waals surface area contributed by atoms with Crippen LogP contribution in [-0.2, 0) is 6.42 Å². The largest absolute Gasteiger partial charge is 0.375 e. The van der Waals surface area contributed by atoms with Crippen LogP contribution >= 0.6 is 12.2 Å². The zero-order valence-corrected chi connectivity index (χ0v) is 10.0. The number of nitrogens with zero attached hydrogens (tertiary/aromatic N) is 2. The lowest BCUT2D eigenvalue weighted by Crippen LogP contribution is -2.24. The number of nitro groups is 1. The smallest absolute Gasteiger partial charge is 0.270 e. The molecule has 0 unspecified atom stereocenters. The molecule has 0 saturated carbocycles. The number of aryl methyl sites for hydroxylation is 1. The molecule has 0 bridgehead atoms. The van der Waals surface area contributed by atoms with Crippen LogP contribution in [0.5, 0.6) is 0 Å². The molecule has 0 atom stereocenters. The number of hydrogen-bond donors (Lipinski definition) is 2. The first-order chi connectivity index (χ1) is 8.04. The average Bonchev–Trinajstić information content (AvgIpc) is 2.28. The lowest BCUT2D eigenvalue weighted by molar-refractivity contribution is -0.384. The van der Waals surface area contributed by atoms with Gasteiger partial charge in [-0.15, -0.1) is 0 Å². The molecule has 90 valence electrons. The molecule has 0 aromatic heterocycles. The number of nitrogens with two attached hydrogens (primary N) is 1. The van der Waals surface area contributed by atoms with Crippen LogP contribution in [0.15, 0.2) is 23.3 Å². The van der Waals surface area contributed by atoms with Crippen molar-refractivity contribution in [3.63, 3.8) is 0 Å². The summed E-state index contributed by atoms with van der Waals surface area (Å²) < 4.78 is 0. The number of benzene rings is 1. The lowest BCUT2D eigenvalue weighted by Gasteiger charge is -2.02. The number of hydrazone groups is 1. The summed E-state index contributed by atoms with van der Waals surface area (Å²) >= 11 is 4.58. The van der Waals surface area contributed by atoms with Gasteiger partial charge in [-0.25, -0.2) is 0 Å². The molecular formula is C10H12N4O2S. The van der Waals surface area contributed by atoms with Gasteiger partial charge in [0.05, 0.1) is 11.1 Å². The van der Waals surface area contributed by atoms with E-state index in [0.717, 1.165) is 12.0 Å². The Kier molecular flexibility index (Phi) is 4.53. The summed E-state index contributed by atoms with van der Waals surface area (Å²) in [6.45, 7) is 1.96. The second-order valence-electron chi connectivity index (χ2n) is 3.23. The number of thiocarbonyl (C=S) groups is 1. The summed E-state index contributed by atoms with van der Waals surface area (Å²) in [6, 6.07) is 4.64. The van der Waals surface area contributed by atoms with Crippen LogP contribution < -0.4 is 11.2 Å². The van der Waals surface area contributed by atoms with Gasteiger partial charge in [-0.1, -0.05) is 13.0 Å². The van der Waals surface area contributed by atoms with Gasteiger partial charge in [0, 0.05) is 17.7 Å². The Hall–Kier alpha value is -2.02. The standard InChI is InChI=1S/C10H12N4O2S/c1-2-7-3-4-9(14(15)16)5-8(7)6-12-13-10(11)17/h3-6H,2H2,1H3,(H3,11,13,17). The Morgan fingerprint density at radius 2 is 2.41 bits per heavy atom. The molecule has 0 aliphatic rings. The molecule has 3 N–H and O–H groups in total. The molecule has 1 aromatic rings. The fourth-order valence-electron chi connectivity index (χ4n) is 1.30. The summed E-state index contributed by atoms with van der Waals surface area (Å²) in [7, 11) is 0. The predicted octanol–water partition coefficient (Wildman–Crippen LogP) is 1.32. The number of nitrogens with one attached hydrogen (secondary N) is 1. The Balaban J connectivity index is 3.01. The normalized spacial score (nSPS) is 10.4. The molecule has 1 rings (SSSR count). The van der Waals surface area contributed by atoms with Gasteiger partial charge in [0.15, 0.2) is 5.11 Å². The molecule has 7 heteroatoms. The molecule has 0 spiro atoms. The van der Waals surface area contributed by atoms with Crippen molar-refractivity contribution in [2.45, 2.75) is 13.3 Å². The molecule has 0 amide bonds. The van der Waals surface area contributed by atoms with Crippen LogP contribution in [0, 0.1) is 10.1 Å². The van der Waals surface area contributed by atoms with Gasteiger partial charge in [0.1, 0.15) is 0 Å². The second kappa shape index (κ2) is 5.90. The quantitative estimate of drug-likeness (QED) is 0.365. The fourth-order valence-corrected chi connectivity index (χ4v) is 1.36. The summed E-state index contributed by atoms with van der Waals surface area (Å²) in [4.78, 5) is 10.2. The van der Waals surface area contributed by atoms with Crippen LogP contribution in [-0.4, -0.2) is 16.3 Å². The number of non-ortho nitro benzene ring substituents is 1. The van der Waals surface area contributed by atoms with E-state index in [1.165, 1.54) is 18.3 Å². The molecule has 0 heterocycles. The van der Waals surface area contributed by atoms with E-state index in [2.05, 4.69) is 22.7 Å². The van der Waals surface area contributed by atoms with Crippen molar-refractivity contribution >= 4 is 29.2 Å². The van der Waals surface area contributed by atoms with Crippen LogP contribution in [0.4, 0.5) is 5.69 Å². The lowest BCUT2D eigenvalue weighted by atomic mass is 10.1. The number of hydrogen-bond acceptors (Lipinski definition) is 4. The van der Waals surface area contributed by atoms with E-state index in [4.69, 9.17) is 5.73 Å². The molecular weight excluding hydrogens is 240 g/mol. The first-order valence-electron chi connectivity index (χ1n) is 4.90. The van der Waals surface area contributed by atoms with Crippen LogP contribution in [0.2, 0.25) is 0 Å². The van der Waals surface area contributed by atoms with Gasteiger partial charge in [-0.05, 0) is 24.2 Å². The van der Waals surface area contributed by atoms with E-state index in [-0.39, 0.29) is 10.8 Å². The van der Waals surface area contributed by atoms with Gasteiger partial charge in [0.2, 0.25) is 0 Å². The Morgan fingerprint density at radius 3 is 2.94 bits per heavy atom. The van der Waals surface area contributed by atoms with Crippen LogP contribution in [0.1, 0.15) is 18.1 Å². The third-order valence-corrected chi connectivity index (χ3v) is 2.19. The molecule has 0 aliphatic carbocycles. The van der Waals surface area contributed by atoms with Gasteiger partial charge in [-0.2, -0.15) is 5.10 Å². The molecule has 6 nitrogen and oxygen atoms in total. The maximum Gasteiger partial charge on any atom is 0.270 e. The van der Waals surface area contributed by atoms with Gasteiger partial charge in [-0.3, -0.25) is 15.5 Å². The molecule has 17 heavy (non-hydrogen) atoms. The van der Waals surface area contributed by atoms with E-state index in [1.807, 2.05) is 6.92 Å². The van der Waals surface area contributed by atoms with Gasteiger partial charge < -0.3 is 5.73 Å². The Morgan fingerprint density at radius 1 is 1.71 bits per heavy atom. The summed E-state index contributed by atoms with van der Waals surface area (Å²) in [6.07, 6.45) is 2.22. The van der Waals surface area contributed by atoms with Crippen molar-refractivity contribution in [2.24, 2.45) is 10.8 Å². The predicted molar refractivity (Wildman–Crippen MR) is 70.0 cm³/mol. The Bertz CT molecular complexity index is 473. The molecule has 1 aromatic carbocycles. The third-order valence-electron chi connectivity index (χ3n) is 2.10. The van der Waals surface area contributed by atoms with Crippen molar-refractivity contribution in [3.8, 4) is 0 Å². The van der Waals surface area contributed by atoms with E-state index in [9.17, 15) is 10.1 Å². The molecule has 0 fully saturated rings. The summed E-state index contributed by atoms with van der Waals surface area (Å²) in [5.41, 5.74) is 9.27. The number of rotatable bonds is 4. The van der Waals surface area contributed by atoms with Crippen LogP contribution in [0.25, 0.3) is 0 Å². The maximum atomic E-state index is 10.6. The second-order valence-corrected chi connectivity index (χ2v) is 3.67. The molecule has 0 aliphatic heterocycles. The summed E-state index contributed by atoms with van der Waals surface area (Å²) in [5.74, 6) is 0. The zero-order valence-electron chi connectivity index (χ0n) is 9.21. The topological polar surface area (TPSA) is 93.5 Å². The maximum absolute atomic E-state index is 10.6. The summed E-state index contributed by atoms with van der Waals surface area (Å²) in [5, 5.41) is 14.5. The van der Waals surface area contributed by atoms with Crippen molar-refractivity contribution in [3.05, 3.63) is 39.4 Å². The van der Waals surface area contributed by atoms with Crippen molar-refractivity contribution in [2.75, 3.05) is 0 Å². The minimum absolute atomic E-state index is 0.0268. The number of nitro benzene ring substituents is 1. The van der Waals surface area contributed by atoms with Gasteiger partial charge in [0.25, 0.3) is 5.69 Å². The van der Waals surface area contributed by atoms with Crippen molar-refractivity contribution in [1.82, 2.24) is 5.43 Å². The SMILES string of the molecule is CCc1ccc([N+](=O)[O-])cc1C=NNC(N)=S. The van der Waals surface area contributed by atoms with E-state index < -0.39 is 4.92 Å². The highest BCUT2D eigenvalue weighted by Crippen LogP contribution is 2.16.